The van der Waals surface area contributed by atoms with Gasteiger partial charge >= 0.3 is 0 Å². The Hall–Kier alpha value is -2.25. The molecular weight excluding hydrogens is 499 g/mol. The molecule has 0 aliphatic rings. The third-order valence-electron chi connectivity index (χ3n) is 4.89. The number of rotatable bonds is 8. The molecule has 0 aliphatic carbocycles. The van der Waals surface area contributed by atoms with Crippen molar-refractivity contribution < 1.29 is 52.5 Å². The Morgan fingerprint density at radius 2 is 1.66 bits per heavy atom. The Morgan fingerprint density at radius 1 is 0.969 bits per heavy atom. The standard InChI is InChI=1S/C25H22NO4S.Y/c1-2-26-13-14-30-20-10-5-16(6-11-20)24(29)23-21-12-9-19(28)15-22(21)31-25(23)17-3-7-18(27)8-4-17;/h3-12,15,27-28H,2,13-14H2,1H3;/q-1;. The van der Waals surface area contributed by atoms with Crippen LogP contribution in [0.15, 0.2) is 66.7 Å². The zero-order chi connectivity index (χ0) is 21.8. The van der Waals surface area contributed by atoms with Crippen molar-refractivity contribution in [3.8, 4) is 27.7 Å². The van der Waals surface area contributed by atoms with Gasteiger partial charge in [-0.3, -0.25) is 4.79 Å². The summed E-state index contributed by atoms with van der Waals surface area (Å²) in [5, 5.41) is 24.6. The average Bonchev–Trinajstić information content (AvgIpc) is 3.15. The van der Waals surface area contributed by atoms with Gasteiger partial charge in [-0.25, -0.2) is 0 Å². The molecule has 0 bridgehead atoms. The number of ether oxygens (including phenoxy) is 1. The van der Waals surface area contributed by atoms with E-state index < -0.39 is 0 Å². The first-order valence-corrected chi connectivity index (χ1v) is 10.8. The van der Waals surface area contributed by atoms with E-state index in [1.807, 2.05) is 6.92 Å². The van der Waals surface area contributed by atoms with Crippen molar-refractivity contribution in [3.63, 3.8) is 0 Å². The maximum absolute atomic E-state index is 13.5. The molecule has 5 nitrogen and oxygen atoms in total. The third-order valence-corrected chi connectivity index (χ3v) is 6.09. The van der Waals surface area contributed by atoms with Crippen LogP contribution >= 0.6 is 11.3 Å². The Bertz CT molecular complexity index is 1200. The second-order valence-corrected chi connectivity index (χ2v) is 8.05. The number of likely N-dealkylation sites (N-methyl/N-ethyl adjacent to an activating group) is 1. The molecule has 0 spiro atoms. The average molecular weight is 521 g/mol. The quantitative estimate of drug-likeness (QED) is 0.221. The summed E-state index contributed by atoms with van der Waals surface area (Å²) in [7, 11) is 0. The molecule has 2 N–H and O–H groups in total. The maximum Gasteiger partial charge on any atom is 0.195 e. The number of ketones is 1. The molecule has 0 aliphatic heterocycles. The number of hydrogen-bond donors (Lipinski definition) is 2. The number of benzene rings is 3. The summed E-state index contributed by atoms with van der Waals surface area (Å²) in [5.74, 6) is 0.910. The summed E-state index contributed by atoms with van der Waals surface area (Å²) in [6.45, 7) is 3.90. The minimum absolute atomic E-state index is 0. The minimum atomic E-state index is -0.104. The fourth-order valence-corrected chi connectivity index (χ4v) is 4.60. The molecule has 3 aromatic carbocycles. The predicted octanol–water partition coefficient (Wildman–Crippen LogP) is 5.98. The molecule has 0 atom stereocenters. The molecule has 0 fully saturated rings. The van der Waals surface area contributed by atoms with Crippen LogP contribution in [0.2, 0.25) is 0 Å². The molecule has 1 heterocycles. The third kappa shape index (κ3) is 5.38. The summed E-state index contributed by atoms with van der Waals surface area (Å²) in [5.41, 5.74) is 1.97. The largest absolute Gasteiger partial charge is 0.660 e. The van der Waals surface area contributed by atoms with Gasteiger partial charge in [0.2, 0.25) is 0 Å². The molecule has 4 rings (SSSR count). The van der Waals surface area contributed by atoms with Crippen LogP contribution in [-0.4, -0.2) is 35.7 Å². The Labute approximate surface area is 215 Å². The van der Waals surface area contributed by atoms with Crippen LogP contribution in [-0.2, 0) is 32.7 Å². The first kappa shape index (κ1) is 24.4. The van der Waals surface area contributed by atoms with Crippen molar-refractivity contribution in [2.75, 3.05) is 19.7 Å². The van der Waals surface area contributed by atoms with Gasteiger partial charge in [0.15, 0.2) is 5.78 Å². The van der Waals surface area contributed by atoms with Crippen LogP contribution in [0.5, 0.6) is 17.2 Å². The number of aromatic hydroxyl groups is 2. The number of phenols is 2. The Kier molecular flexibility index (Phi) is 8.43. The zero-order valence-electron chi connectivity index (χ0n) is 17.6. The number of thiophene rings is 1. The van der Waals surface area contributed by atoms with Crippen LogP contribution in [0.4, 0.5) is 0 Å². The van der Waals surface area contributed by atoms with Crippen molar-refractivity contribution in [2.45, 2.75) is 6.92 Å². The van der Waals surface area contributed by atoms with E-state index in [-0.39, 0.29) is 50.0 Å². The molecule has 0 unspecified atom stereocenters. The molecule has 161 valence electrons. The molecule has 0 amide bonds. The normalized spacial score (nSPS) is 10.7. The molecule has 32 heavy (non-hydrogen) atoms. The van der Waals surface area contributed by atoms with Gasteiger partial charge in [-0.15, -0.1) is 17.9 Å². The van der Waals surface area contributed by atoms with Crippen LogP contribution in [0, 0.1) is 0 Å². The van der Waals surface area contributed by atoms with Gasteiger partial charge in [-0.1, -0.05) is 6.92 Å². The van der Waals surface area contributed by atoms with E-state index in [0.29, 0.717) is 30.0 Å². The van der Waals surface area contributed by atoms with Gasteiger partial charge in [-0.05, 0) is 72.3 Å². The number of nitrogens with zero attached hydrogens (tertiary/aromatic N) is 1. The van der Waals surface area contributed by atoms with Gasteiger partial charge < -0.3 is 20.3 Å². The SMILES string of the molecule is CC[N-]CCOc1ccc(C(=O)c2c(-c3ccc(O)cc3)sc3cc(O)ccc23)cc1.[Y]. The van der Waals surface area contributed by atoms with Gasteiger partial charge in [0.25, 0.3) is 0 Å². The van der Waals surface area contributed by atoms with Crippen molar-refractivity contribution in [1.29, 1.82) is 0 Å². The first-order valence-electron chi connectivity index (χ1n) is 10.0. The smallest absolute Gasteiger partial charge is 0.195 e. The summed E-state index contributed by atoms with van der Waals surface area (Å²) in [6, 6.07) is 18.9. The topological polar surface area (TPSA) is 80.9 Å². The number of fused-ring (bicyclic) bond motifs is 1. The van der Waals surface area contributed by atoms with Crippen molar-refractivity contribution in [3.05, 3.63) is 83.2 Å². The van der Waals surface area contributed by atoms with Gasteiger partial charge in [-0.2, -0.15) is 6.54 Å². The van der Waals surface area contributed by atoms with Crippen molar-refractivity contribution in [1.82, 2.24) is 0 Å². The molecule has 7 heteroatoms. The predicted molar refractivity (Wildman–Crippen MR) is 125 cm³/mol. The van der Waals surface area contributed by atoms with Crippen LogP contribution < -0.4 is 4.74 Å². The molecule has 0 saturated carbocycles. The number of carbonyl (C=O) groups is 1. The molecule has 0 saturated heterocycles. The summed E-state index contributed by atoms with van der Waals surface area (Å²) in [4.78, 5) is 14.3. The van der Waals surface area contributed by atoms with E-state index in [2.05, 4.69) is 5.32 Å². The summed E-state index contributed by atoms with van der Waals surface area (Å²) in [6.07, 6.45) is 0. The van der Waals surface area contributed by atoms with Gasteiger partial charge in [0.05, 0.1) is 6.61 Å². The van der Waals surface area contributed by atoms with Crippen molar-refractivity contribution >= 4 is 27.2 Å². The molecular formula is C25H22NO4SY-. The number of carbonyl (C=O) groups excluding carboxylic acids is 1. The van der Waals surface area contributed by atoms with E-state index in [9.17, 15) is 15.0 Å². The maximum atomic E-state index is 13.5. The van der Waals surface area contributed by atoms with Crippen molar-refractivity contribution in [2.24, 2.45) is 0 Å². The van der Waals surface area contributed by atoms with Crippen LogP contribution in [0.25, 0.3) is 25.8 Å². The Morgan fingerprint density at radius 3 is 2.34 bits per heavy atom. The fourth-order valence-electron chi connectivity index (χ4n) is 3.36. The second kappa shape index (κ2) is 11.1. The number of phenolic OH excluding ortho intramolecular Hbond substituents is 2. The van der Waals surface area contributed by atoms with Gasteiger partial charge in [0, 0.05) is 58.8 Å². The van der Waals surface area contributed by atoms with Crippen LogP contribution in [0.1, 0.15) is 22.8 Å². The minimum Gasteiger partial charge on any atom is -0.660 e. The second-order valence-electron chi connectivity index (χ2n) is 7.00. The van der Waals surface area contributed by atoms with E-state index in [1.54, 1.807) is 66.7 Å². The number of hydrogen-bond acceptors (Lipinski definition) is 5. The summed E-state index contributed by atoms with van der Waals surface area (Å²) < 4.78 is 6.49. The monoisotopic (exact) mass is 521 g/mol. The fraction of sp³-hybridized carbons (Fsp3) is 0.160. The van der Waals surface area contributed by atoms with E-state index >= 15 is 0 Å². The molecule has 4 aromatic rings. The van der Waals surface area contributed by atoms with E-state index in [4.69, 9.17) is 4.74 Å². The summed E-state index contributed by atoms with van der Waals surface area (Å²) >= 11 is 1.44. The van der Waals surface area contributed by atoms with Gasteiger partial charge in [0.1, 0.15) is 17.2 Å². The van der Waals surface area contributed by atoms with E-state index in [1.165, 1.54) is 11.3 Å². The first-order chi connectivity index (χ1) is 15.1. The van der Waals surface area contributed by atoms with Crippen LogP contribution in [0.3, 0.4) is 0 Å². The Balaban J connectivity index is 0.00000289. The molecule has 1 radical (unpaired) electrons. The van der Waals surface area contributed by atoms with E-state index in [0.717, 1.165) is 27.1 Å². The zero-order valence-corrected chi connectivity index (χ0v) is 21.3. The molecule has 1 aromatic heterocycles.